The van der Waals surface area contributed by atoms with E-state index in [1.807, 2.05) is 13.0 Å². The summed E-state index contributed by atoms with van der Waals surface area (Å²) in [5, 5.41) is 3.04. The van der Waals surface area contributed by atoms with Gasteiger partial charge in [0.1, 0.15) is 18.9 Å². The van der Waals surface area contributed by atoms with Gasteiger partial charge in [-0.25, -0.2) is 0 Å². The molecule has 1 saturated heterocycles. The first kappa shape index (κ1) is 28.4. The van der Waals surface area contributed by atoms with Gasteiger partial charge in [0.15, 0.2) is 11.5 Å². The van der Waals surface area contributed by atoms with Crippen LogP contribution < -0.4 is 19.5 Å². The number of thioether (sulfide) groups is 1. The molecular formula is C28H24Cl2N2O6S. The first-order chi connectivity index (χ1) is 18.8. The highest BCUT2D eigenvalue weighted by atomic mass is 35.5. The number of hydrogen-bond acceptors (Lipinski definition) is 7. The molecule has 0 aromatic heterocycles. The quantitative estimate of drug-likeness (QED) is 0.265. The summed E-state index contributed by atoms with van der Waals surface area (Å²) in [6.07, 6.45) is 1.58. The van der Waals surface area contributed by atoms with Gasteiger partial charge in [-0.3, -0.25) is 19.3 Å². The van der Waals surface area contributed by atoms with Gasteiger partial charge in [-0.1, -0.05) is 35.3 Å². The molecule has 4 rings (SSSR count). The number of carbonyl (C=O) groups is 3. The fourth-order valence-electron chi connectivity index (χ4n) is 3.60. The lowest BCUT2D eigenvalue weighted by atomic mass is 10.1. The van der Waals surface area contributed by atoms with Gasteiger partial charge in [-0.15, -0.1) is 0 Å². The number of methoxy groups -OCH3 is 1. The smallest absolute Gasteiger partial charge is 0.294 e. The van der Waals surface area contributed by atoms with Crippen molar-refractivity contribution in [3.05, 3.63) is 86.7 Å². The van der Waals surface area contributed by atoms with Crippen LogP contribution in [0.4, 0.5) is 10.5 Å². The minimum Gasteiger partial charge on any atom is -0.497 e. The van der Waals surface area contributed by atoms with Crippen LogP contribution in [0.1, 0.15) is 18.1 Å². The molecule has 39 heavy (non-hydrogen) atoms. The van der Waals surface area contributed by atoms with Gasteiger partial charge in [0.05, 0.1) is 28.7 Å². The third-order valence-electron chi connectivity index (χ3n) is 5.49. The van der Waals surface area contributed by atoms with Crippen LogP contribution in [0.3, 0.4) is 0 Å². The Morgan fingerprint density at radius 3 is 2.44 bits per heavy atom. The van der Waals surface area contributed by atoms with Crippen molar-refractivity contribution in [2.75, 3.05) is 25.6 Å². The number of rotatable bonds is 10. The molecule has 1 fully saturated rings. The molecule has 1 aliphatic heterocycles. The lowest BCUT2D eigenvalue weighted by Gasteiger charge is -2.13. The zero-order valence-electron chi connectivity index (χ0n) is 21.0. The summed E-state index contributed by atoms with van der Waals surface area (Å²) in [6, 6.07) is 17.1. The minimum atomic E-state index is -0.548. The summed E-state index contributed by atoms with van der Waals surface area (Å²) in [4.78, 5) is 39.0. The Labute approximate surface area is 239 Å². The van der Waals surface area contributed by atoms with E-state index in [1.54, 1.807) is 67.8 Å². The van der Waals surface area contributed by atoms with Crippen molar-refractivity contribution < 1.29 is 28.6 Å². The molecule has 3 aromatic carbocycles. The number of benzene rings is 3. The fraction of sp³-hybridized carbons (Fsp3) is 0.179. The van der Waals surface area contributed by atoms with E-state index in [1.165, 1.54) is 0 Å². The molecule has 3 aromatic rings. The summed E-state index contributed by atoms with van der Waals surface area (Å²) in [6.45, 7) is 2.08. The third kappa shape index (κ3) is 7.26. The standard InChI is InChI=1S/C28H24Cl2N2O6S/c1-3-37-24-13-17(5-11-23(24)38-16-18-4-10-21(29)22(30)12-18)14-25-27(34)32(28(35)39-25)15-26(33)31-19-6-8-20(36-2)9-7-19/h4-14H,3,15-16H2,1-2H3,(H,31,33)/b25-14+. The maximum atomic E-state index is 12.9. The van der Waals surface area contributed by atoms with Crippen LogP contribution in [0.25, 0.3) is 6.08 Å². The van der Waals surface area contributed by atoms with Crippen LogP contribution in [0, 0.1) is 0 Å². The predicted molar refractivity (Wildman–Crippen MR) is 153 cm³/mol. The number of nitrogens with zero attached hydrogens (tertiary/aromatic N) is 1. The predicted octanol–water partition coefficient (Wildman–Crippen LogP) is 6.65. The first-order valence-corrected chi connectivity index (χ1v) is 13.4. The normalized spacial score (nSPS) is 14.1. The van der Waals surface area contributed by atoms with Crippen molar-refractivity contribution in [1.29, 1.82) is 0 Å². The highest BCUT2D eigenvalue weighted by Crippen LogP contribution is 2.35. The van der Waals surface area contributed by atoms with E-state index >= 15 is 0 Å². The van der Waals surface area contributed by atoms with Gasteiger partial charge in [-0.2, -0.15) is 0 Å². The zero-order chi connectivity index (χ0) is 27.9. The van der Waals surface area contributed by atoms with E-state index in [0.29, 0.717) is 45.2 Å². The SMILES string of the molecule is CCOc1cc(/C=C2/SC(=O)N(CC(=O)Nc3ccc(OC)cc3)C2=O)ccc1OCc1ccc(Cl)c(Cl)c1. The lowest BCUT2D eigenvalue weighted by Crippen LogP contribution is -2.36. The molecule has 1 N–H and O–H groups in total. The summed E-state index contributed by atoms with van der Waals surface area (Å²) in [5.41, 5.74) is 1.99. The molecule has 0 saturated carbocycles. The van der Waals surface area contributed by atoms with Crippen LogP contribution in [0.5, 0.6) is 17.2 Å². The van der Waals surface area contributed by atoms with Crippen LogP contribution in [-0.4, -0.2) is 42.2 Å². The van der Waals surface area contributed by atoms with Crippen LogP contribution >= 0.6 is 35.0 Å². The van der Waals surface area contributed by atoms with Gasteiger partial charge in [-0.05, 0) is 84.4 Å². The number of anilines is 1. The second kappa shape index (κ2) is 12.9. The number of hydrogen-bond donors (Lipinski definition) is 1. The number of nitrogens with one attached hydrogen (secondary N) is 1. The molecular weight excluding hydrogens is 563 g/mol. The Morgan fingerprint density at radius 2 is 1.74 bits per heavy atom. The molecule has 11 heteroatoms. The average Bonchev–Trinajstić information content (AvgIpc) is 3.18. The highest BCUT2D eigenvalue weighted by Gasteiger charge is 2.36. The molecule has 0 bridgehead atoms. The van der Waals surface area contributed by atoms with Crippen LogP contribution in [0.15, 0.2) is 65.6 Å². The van der Waals surface area contributed by atoms with Gasteiger partial charge in [0, 0.05) is 5.69 Å². The second-order valence-corrected chi connectivity index (χ2v) is 10.0. The van der Waals surface area contributed by atoms with Gasteiger partial charge in [0.2, 0.25) is 5.91 Å². The van der Waals surface area contributed by atoms with E-state index in [9.17, 15) is 14.4 Å². The van der Waals surface area contributed by atoms with Crippen molar-refractivity contribution in [3.63, 3.8) is 0 Å². The fourth-order valence-corrected chi connectivity index (χ4v) is 4.76. The number of halogens is 2. The Bertz CT molecular complexity index is 1430. The van der Waals surface area contributed by atoms with Gasteiger partial charge < -0.3 is 19.5 Å². The molecule has 3 amide bonds. The van der Waals surface area contributed by atoms with Crippen molar-refractivity contribution in [2.24, 2.45) is 0 Å². The molecule has 0 unspecified atom stereocenters. The number of amides is 3. The van der Waals surface area contributed by atoms with Crippen molar-refractivity contribution in [1.82, 2.24) is 4.90 Å². The second-order valence-electron chi connectivity index (χ2n) is 8.22. The summed E-state index contributed by atoms with van der Waals surface area (Å²) in [7, 11) is 1.54. The third-order valence-corrected chi connectivity index (χ3v) is 7.14. The number of ether oxygens (including phenoxy) is 3. The largest absolute Gasteiger partial charge is 0.497 e. The monoisotopic (exact) mass is 586 g/mol. The lowest BCUT2D eigenvalue weighted by molar-refractivity contribution is -0.127. The van der Waals surface area contributed by atoms with E-state index in [4.69, 9.17) is 37.4 Å². The summed E-state index contributed by atoms with van der Waals surface area (Å²) >= 11 is 12.8. The number of imide groups is 1. The molecule has 0 aliphatic carbocycles. The topological polar surface area (TPSA) is 94.2 Å². The van der Waals surface area contributed by atoms with E-state index in [0.717, 1.165) is 22.2 Å². The summed E-state index contributed by atoms with van der Waals surface area (Å²) in [5.74, 6) is 0.578. The van der Waals surface area contributed by atoms with Crippen molar-refractivity contribution in [2.45, 2.75) is 13.5 Å². The van der Waals surface area contributed by atoms with E-state index < -0.39 is 23.6 Å². The molecule has 0 radical (unpaired) electrons. The van der Waals surface area contributed by atoms with Gasteiger partial charge >= 0.3 is 0 Å². The Balaban J connectivity index is 1.43. The summed E-state index contributed by atoms with van der Waals surface area (Å²) < 4.78 is 16.8. The molecule has 1 heterocycles. The average molecular weight is 587 g/mol. The van der Waals surface area contributed by atoms with Crippen molar-refractivity contribution in [3.8, 4) is 17.2 Å². The van der Waals surface area contributed by atoms with E-state index in [2.05, 4.69) is 5.32 Å². The zero-order valence-corrected chi connectivity index (χ0v) is 23.4. The Kier molecular flexibility index (Phi) is 9.40. The Morgan fingerprint density at radius 1 is 0.974 bits per heavy atom. The molecule has 202 valence electrons. The van der Waals surface area contributed by atoms with Crippen LogP contribution in [0.2, 0.25) is 10.0 Å². The maximum Gasteiger partial charge on any atom is 0.294 e. The van der Waals surface area contributed by atoms with Crippen molar-refractivity contribution >= 4 is 63.8 Å². The number of carbonyl (C=O) groups excluding carboxylic acids is 3. The van der Waals surface area contributed by atoms with E-state index in [-0.39, 0.29) is 11.5 Å². The minimum absolute atomic E-state index is 0.198. The molecule has 8 nitrogen and oxygen atoms in total. The molecule has 0 spiro atoms. The Hall–Kier alpha value is -3.66. The van der Waals surface area contributed by atoms with Gasteiger partial charge in [0.25, 0.3) is 11.1 Å². The maximum absolute atomic E-state index is 12.9. The first-order valence-electron chi connectivity index (χ1n) is 11.8. The van der Waals surface area contributed by atoms with Crippen LogP contribution in [-0.2, 0) is 16.2 Å². The molecule has 1 aliphatic rings. The highest BCUT2D eigenvalue weighted by molar-refractivity contribution is 8.18. The molecule has 0 atom stereocenters.